The molecule has 0 unspecified atom stereocenters. The van der Waals surface area contributed by atoms with Gasteiger partial charge in [0.1, 0.15) is 29.9 Å². The Morgan fingerprint density at radius 2 is 1.46 bits per heavy atom. The fourth-order valence-electron chi connectivity index (χ4n) is 6.36. The van der Waals surface area contributed by atoms with Crippen LogP contribution in [0.1, 0.15) is 91.8 Å². The van der Waals surface area contributed by atoms with E-state index in [9.17, 15) is 24.0 Å². The fourth-order valence-corrected chi connectivity index (χ4v) is 6.36. The lowest BCUT2D eigenvalue weighted by molar-refractivity contribution is -0.147. The van der Waals surface area contributed by atoms with Gasteiger partial charge in [0.2, 0.25) is 11.8 Å². The summed E-state index contributed by atoms with van der Waals surface area (Å²) < 4.78 is 16.0. The van der Waals surface area contributed by atoms with Gasteiger partial charge in [0, 0.05) is 30.7 Å². The summed E-state index contributed by atoms with van der Waals surface area (Å²) in [6, 6.07) is 22.9. The van der Waals surface area contributed by atoms with Crippen LogP contribution in [0.2, 0.25) is 0 Å². The predicted molar refractivity (Wildman–Crippen MR) is 219 cm³/mol. The molecule has 4 N–H and O–H groups in total. The Balaban J connectivity index is 1.43. The molecule has 0 radical (unpaired) electrons. The van der Waals surface area contributed by atoms with E-state index < -0.39 is 47.0 Å². The van der Waals surface area contributed by atoms with E-state index in [-0.39, 0.29) is 44.4 Å². The molecule has 3 aromatic rings. The molecule has 0 spiro atoms. The second kappa shape index (κ2) is 19.1. The Morgan fingerprint density at radius 3 is 2.12 bits per heavy atom. The van der Waals surface area contributed by atoms with Crippen molar-refractivity contribution >= 4 is 35.7 Å². The van der Waals surface area contributed by atoms with Crippen molar-refractivity contribution in [2.24, 2.45) is 0 Å². The van der Waals surface area contributed by atoms with Crippen LogP contribution < -0.4 is 26.2 Å². The topological polar surface area (TPSA) is 164 Å². The first kappa shape index (κ1) is 44.3. The minimum Gasteiger partial charge on any atom is -0.460 e. The van der Waals surface area contributed by atoms with Crippen LogP contribution in [-0.4, -0.2) is 71.9 Å². The molecule has 57 heavy (non-hydrogen) atoms. The number of alkyl carbamates (subject to hydrolysis) is 2. The number of para-hydroxylation sites is 1. The van der Waals surface area contributed by atoms with Gasteiger partial charge in [-0.3, -0.25) is 14.4 Å². The molecule has 0 aromatic heterocycles. The molecule has 1 heterocycles. The summed E-state index contributed by atoms with van der Waals surface area (Å²) in [7, 11) is 0. The molecule has 13 heteroatoms. The Hall–Kier alpha value is -5.43. The van der Waals surface area contributed by atoms with E-state index in [4.69, 9.17) is 14.2 Å². The van der Waals surface area contributed by atoms with Crippen LogP contribution >= 0.6 is 0 Å². The lowest BCUT2D eigenvalue weighted by Gasteiger charge is -2.30. The van der Waals surface area contributed by atoms with Gasteiger partial charge in [-0.15, -0.1) is 0 Å². The van der Waals surface area contributed by atoms with E-state index in [1.165, 1.54) is 0 Å². The minimum atomic E-state index is -0.769. The maximum absolute atomic E-state index is 14.4. The average molecular weight is 786 g/mol. The van der Waals surface area contributed by atoms with E-state index in [1.54, 1.807) is 32.6 Å². The maximum Gasteiger partial charge on any atom is 0.408 e. The van der Waals surface area contributed by atoms with Gasteiger partial charge in [0.05, 0.1) is 6.54 Å². The normalized spacial score (nSPS) is 15.1. The first-order chi connectivity index (χ1) is 26.7. The molecule has 0 saturated heterocycles. The number of benzene rings is 3. The van der Waals surface area contributed by atoms with Gasteiger partial charge in [-0.2, -0.15) is 0 Å². The number of nitrogens with zero attached hydrogens (tertiary/aromatic N) is 1. The fraction of sp³-hybridized carbons (Fsp3) is 0.477. The number of anilines is 1. The SMILES string of the molecule is C[C@H](CNC(C)(C)CC(=O)N[C@@H]1CCc2ccccc2N(Cc2ccc(-c3ccccc3)c(CNC(=O)OC(C)(C)C)c2)C1=O)OC(=O)CNC(=O)OC(C)(C)C. The van der Waals surface area contributed by atoms with Gasteiger partial charge in [-0.25, -0.2) is 9.59 Å². The lowest BCUT2D eigenvalue weighted by Crippen LogP contribution is -2.51. The number of rotatable bonds is 14. The highest BCUT2D eigenvalue weighted by Crippen LogP contribution is 2.31. The number of hydrogen-bond donors (Lipinski definition) is 4. The largest absolute Gasteiger partial charge is 0.460 e. The van der Waals surface area contributed by atoms with Gasteiger partial charge in [0.25, 0.3) is 0 Å². The number of nitrogens with one attached hydrogen (secondary N) is 4. The number of hydrogen-bond acceptors (Lipinski definition) is 9. The standard InChI is InChI=1S/C44H59N5O8/c1-29(55-38(51)27-46-41(54)57-43(5,6)7)25-47-44(8,9)24-37(50)48-35-22-20-32-17-13-14-18-36(32)49(39(35)52)28-30-19-21-34(31-15-11-10-12-16-31)33(23-30)26-45-40(53)56-42(2,3)4/h10-19,21,23,29,35,47H,20,22,24-28H2,1-9H3,(H,45,53)(H,46,54)(H,48,50)/t29-,35-/m1/s1. The molecule has 1 aliphatic heterocycles. The first-order valence-corrected chi connectivity index (χ1v) is 19.4. The van der Waals surface area contributed by atoms with Crippen LogP contribution in [0.5, 0.6) is 0 Å². The maximum atomic E-state index is 14.4. The van der Waals surface area contributed by atoms with Crippen LogP contribution in [0.15, 0.2) is 72.8 Å². The van der Waals surface area contributed by atoms with Crippen LogP contribution in [0.4, 0.5) is 15.3 Å². The monoisotopic (exact) mass is 785 g/mol. The van der Waals surface area contributed by atoms with E-state index in [2.05, 4.69) is 21.3 Å². The minimum absolute atomic E-state index is 0.0551. The molecule has 4 rings (SSSR count). The molecule has 0 fully saturated rings. The smallest absolute Gasteiger partial charge is 0.408 e. The zero-order chi connectivity index (χ0) is 42.0. The van der Waals surface area contributed by atoms with Crippen molar-refractivity contribution in [1.82, 2.24) is 21.3 Å². The molecule has 0 aliphatic carbocycles. The second-order valence-electron chi connectivity index (χ2n) is 17.0. The summed E-state index contributed by atoms with van der Waals surface area (Å²) >= 11 is 0. The number of carbonyl (C=O) groups excluding carboxylic acids is 5. The summed E-state index contributed by atoms with van der Waals surface area (Å²) in [6.07, 6.45) is -0.718. The van der Waals surface area contributed by atoms with Crippen LogP contribution in [-0.2, 0) is 48.1 Å². The zero-order valence-electron chi connectivity index (χ0n) is 34.7. The summed E-state index contributed by atoms with van der Waals surface area (Å²) in [5, 5.41) is 11.5. The molecule has 308 valence electrons. The first-order valence-electron chi connectivity index (χ1n) is 19.4. The molecule has 0 bridgehead atoms. The number of esters is 1. The van der Waals surface area contributed by atoms with Gasteiger partial charge < -0.3 is 40.4 Å². The van der Waals surface area contributed by atoms with Gasteiger partial charge in [-0.1, -0.05) is 66.7 Å². The summed E-state index contributed by atoms with van der Waals surface area (Å²) in [5.41, 5.74) is 3.39. The van der Waals surface area contributed by atoms with E-state index in [0.29, 0.717) is 12.8 Å². The number of amides is 4. The van der Waals surface area contributed by atoms with Crippen molar-refractivity contribution in [3.8, 4) is 11.1 Å². The number of ether oxygens (including phenoxy) is 3. The second-order valence-corrected chi connectivity index (χ2v) is 17.0. The molecule has 4 amide bonds. The van der Waals surface area contributed by atoms with Crippen molar-refractivity contribution in [2.75, 3.05) is 18.0 Å². The predicted octanol–water partition coefficient (Wildman–Crippen LogP) is 6.56. The Morgan fingerprint density at radius 1 is 0.825 bits per heavy atom. The molecule has 1 aliphatic rings. The highest BCUT2D eigenvalue weighted by molar-refractivity contribution is 6.00. The van der Waals surface area contributed by atoms with Gasteiger partial charge in [-0.05, 0) is 109 Å². The Labute approximate surface area is 336 Å². The molecule has 2 atom stereocenters. The summed E-state index contributed by atoms with van der Waals surface area (Å²) in [5.74, 6) is -1.14. The third-order valence-electron chi connectivity index (χ3n) is 8.88. The van der Waals surface area contributed by atoms with Crippen molar-refractivity contribution in [2.45, 2.75) is 124 Å². The molecule has 13 nitrogen and oxygen atoms in total. The highest BCUT2D eigenvalue weighted by Gasteiger charge is 2.33. The average Bonchev–Trinajstić information content (AvgIpc) is 3.23. The molecular formula is C44H59N5O8. The third kappa shape index (κ3) is 14.5. The van der Waals surface area contributed by atoms with E-state index in [0.717, 1.165) is 33.5 Å². The van der Waals surface area contributed by atoms with E-state index >= 15 is 0 Å². The summed E-state index contributed by atoms with van der Waals surface area (Å²) in [4.78, 5) is 66.4. The van der Waals surface area contributed by atoms with E-state index in [1.807, 2.05) is 107 Å². The number of carbonyl (C=O) groups is 5. The Kier molecular flexibility index (Phi) is 14.9. The number of fused-ring (bicyclic) bond motifs is 1. The number of aryl methyl sites for hydroxylation is 1. The van der Waals surface area contributed by atoms with Crippen LogP contribution in [0.25, 0.3) is 11.1 Å². The lowest BCUT2D eigenvalue weighted by atomic mass is 9.97. The van der Waals surface area contributed by atoms with Crippen molar-refractivity contribution in [3.05, 3.63) is 89.5 Å². The molecule has 0 saturated carbocycles. The quantitative estimate of drug-likeness (QED) is 0.105. The molecular weight excluding hydrogens is 727 g/mol. The van der Waals surface area contributed by atoms with Crippen LogP contribution in [0.3, 0.4) is 0 Å². The third-order valence-corrected chi connectivity index (χ3v) is 8.88. The van der Waals surface area contributed by atoms with Gasteiger partial charge >= 0.3 is 18.2 Å². The zero-order valence-corrected chi connectivity index (χ0v) is 34.7. The van der Waals surface area contributed by atoms with Crippen LogP contribution in [0, 0.1) is 0 Å². The highest BCUT2D eigenvalue weighted by atomic mass is 16.6. The van der Waals surface area contributed by atoms with Crippen molar-refractivity contribution in [1.29, 1.82) is 0 Å². The molecule has 3 aromatic carbocycles. The Bertz CT molecular complexity index is 1880. The summed E-state index contributed by atoms with van der Waals surface area (Å²) in [6.45, 7) is 16.4. The van der Waals surface area contributed by atoms with Crippen molar-refractivity contribution in [3.63, 3.8) is 0 Å². The van der Waals surface area contributed by atoms with Gasteiger partial charge in [0.15, 0.2) is 0 Å². The van der Waals surface area contributed by atoms with Crippen molar-refractivity contribution < 1.29 is 38.2 Å².